The van der Waals surface area contributed by atoms with Gasteiger partial charge in [0.05, 0.1) is 20.1 Å². The summed E-state index contributed by atoms with van der Waals surface area (Å²) in [6.07, 6.45) is 0. The molecule has 0 spiro atoms. The van der Waals surface area contributed by atoms with Crippen LogP contribution in [-0.4, -0.2) is 0 Å². The minimum absolute atomic E-state index is 0.391. The standard InChI is InChI=1S/C12H4Cl4O2.C12H8O2/c13-5-1-9-10(2-6(5)14)18-12-4-8(16)7(15)3-11(12)17-9;1-2-6-10-9(5-1)13-11-7-3-4-8-12(11)14-10/h1-4H;1-8H. The van der Waals surface area contributed by atoms with Crippen molar-refractivity contribution in [2.24, 2.45) is 0 Å². The zero-order valence-corrected chi connectivity index (χ0v) is 19.1. The number of halogens is 4. The Bertz CT molecular complexity index is 1140. The Morgan fingerprint density at radius 3 is 0.812 bits per heavy atom. The predicted octanol–water partition coefficient (Wildman–Crippen LogP) is 9.78. The average molecular weight is 506 g/mol. The lowest BCUT2D eigenvalue weighted by Crippen LogP contribution is -1.99. The second-order valence-corrected chi connectivity index (χ2v) is 8.36. The van der Waals surface area contributed by atoms with Gasteiger partial charge in [-0.25, -0.2) is 0 Å². The number of fused-ring (bicyclic) bond motifs is 4. The molecule has 160 valence electrons. The lowest BCUT2D eigenvalue weighted by molar-refractivity contribution is 0.359. The van der Waals surface area contributed by atoms with E-state index in [1.807, 2.05) is 48.5 Å². The van der Waals surface area contributed by atoms with E-state index < -0.39 is 0 Å². The van der Waals surface area contributed by atoms with Crippen molar-refractivity contribution >= 4 is 46.4 Å². The normalized spacial score (nSPS) is 12.1. The summed E-state index contributed by atoms with van der Waals surface area (Å²) >= 11 is 23.7. The maximum absolute atomic E-state index is 5.91. The molecule has 0 amide bonds. The summed E-state index contributed by atoms with van der Waals surface area (Å²) in [5, 5.41) is 1.56. The van der Waals surface area contributed by atoms with E-state index in [1.165, 1.54) is 0 Å². The molecule has 32 heavy (non-hydrogen) atoms. The van der Waals surface area contributed by atoms with Crippen molar-refractivity contribution in [3.63, 3.8) is 0 Å². The SMILES string of the molecule is Clc1cc2c(cc1Cl)Oc1cc(Cl)c(Cl)cc1O2.c1ccc2c(c1)Oc1ccccc1O2. The van der Waals surface area contributed by atoms with Gasteiger partial charge in [-0.3, -0.25) is 0 Å². The highest BCUT2D eigenvalue weighted by Gasteiger charge is 2.22. The summed E-state index contributed by atoms with van der Waals surface area (Å²) in [5.74, 6) is 5.01. The average Bonchev–Trinajstić information content (AvgIpc) is 2.79. The third-order valence-corrected chi connectivity index (χ3v) is 6.00. The van der Waals surface area contributed by atoms with Crippen LogP contribution in [0.5, 0.6) is 46.0 Å². The van der Waals surface area contributed by atoms with Gasteiger partial charge >= 0.3 is 0 Å². The summed E-state index contributed by atoms with van der Waals surface area (Å²) in [6.45, 7) is 0. The highest BCUT2D eigenvalue weighted by molar-refractivity contribution is 6.42. The molecule has 0 saturated carbocycles. The first-order valence-electron chi connectivity index (χ1n) is 9.35. The first-order valence-corrected chi connectivity index (χ1v) is 10.9. The fourth-order valence-corrected chi connectivity index (χ4v) is 3.67. The maximum atomic E-state index is 5.91. The smallest absolute Gasteiger partial charge is 0.171 e. The number of hydrogen-bond acceptors (Lipinski definition) is 4. The van der Waals surface area contributed by atoms with E-state index in [0.29, 0.717) is 43.1 Å². The van der Waals surface area contributed by atoms with E-state index >= 15 is 0 Å². The molecule has 2 aliphatic heterocycles. The molecular formula is C24H12Cl4O4. The fourth-order valence-electron chi connectivity index (χ4n) is 3.05. The second-order valence-electron chi connectivity index (χ2n) is 6.73. The number of ether oxygens (including phenoxy) is 4. The van der Waals surface area contributed by atoms with E-state index in [-0.39, 0.29) is 0 Å². The summed E-state index contributed by atoms with van der Waals surface area (Å²) < 4.78 is 22.6. The first kappa shape index (κ1) is 21.1. The van der Waals surface area contributed by atoms with Crippen molar-refractivity contribution < 1.29 is 18.9 Å². The molecule has 0 aliphatic carbocycles. The Kier molecular flexibility index (Phi) is 5.70. The molecule has 6 rings (SSSR count). The van der Waals surface area contributed by atoms with Crippen LogP contribution in [0.4, 0.5) is 0 Å². The molecule has 4 aromatic rings. The van der Waals surface area contributed by atoms with Gasteiger partial charge in [0.1, 0.15) is 0 Å². The molecule has 0 aromatic heterocycles. The van der Waals surface area contributed by atoms with Gasteiger partial charge in [-0.05, 0) is 24.3 Å². The molecule has 0 N–H and O–H groups in total. The zero-order chi connectivity index (χ0) is 22.2. The Morgan fingerprint density at radius 2 is 0.562 bits per heavy atom. The molecule has 0 fully saturated rings. The first-order chi connectivity index (χ1) is 15.5. The molecule has 0 radical (unpaired) electrons. The lowest BCUT2D eigenvalue weighted by Gasteiger charge is -2.21. The van der Waals surface area contributed by atoms with Crippen LogP contribution in [0.25, 0.3) is 0 Å². The van der Waals surface area contributed by atoms with E-state index in [2.05, 4.69) is 0 Å². The van der Waals surface area contributed by atoms with Crippen LogP contribution < -0.4 is 18.9 Å². The van der Waals surface area contributed by atoms with Crippen molar-refractivity contribution in [1.82, 2.24) is 0 Å². The number of para-hydroxylation sites is 4. The third kappa shape index (κ3) is 4.15. The Morgan fingerprint density at radius 1 is 0.344 bits per heavy atom. The monoisotopic (exact) mass is 504 g/mol. The van der Waals surface area contributed by atoms with Crippen LogP contribution >= 0.6 is 46.4 Å². The van der Waals surface area contributed by atoms with E-state index in [0.717, 1.165) is 23.0 Å². The third-order valence-electron chi connectivity index (χ3n) is 4.55. The molecule has 2 heterocycles. The van der Waals surface area contributed by atoms with Crippen molar-refractivity contribution in [3.05, 3.63) is 92.9 Å². The molecule has 0 bridgehead atoms. The minimum atomic E-state index is 0.391. The Labute approximate surface area is 203 Å². The fraction of sp³-hybridized carbons (Fsp3) is 0. The van der Waals surface area contributed by atoms with Gasteiger partial charge in [0.2, 0.25) is 0 Å². The van der Waals surface area contributed by atoms with Crippen molar-refractivity contribution in [2.45, 2.75) is 0 Å². The van der Waals surface area contributed by atoms with Crippen molar-refractivity contribution in [3.8, 4) is 46.0 Å². The van der Waals surface area contributed by atoms with Gasteiger partial charge in [-0.2, -0.15) is 0 Å². The quantitative estimate of drug-likeness (QED) is 0.206. The van der Waals surface area contributed by atoms with Crippen LogP contribution in [0.1, 0.15) is 0 Å². The van der Waals surface area contributed by atoms with Gasteiger partial charge in [-0.15, -0.1) is 0 Å². The molecule has 2 aliphatic rings. The summed E-state index contributed by atoms with van der Waals surface area (Å²) in [7, 11) is 0. The number of hydrogen-bond donors (Lipinski definition) is 0. The minimum Gasteiger partial charge on any atom is -0.450 e. The highest BCUT2D eigenvalue weighted by atomic mass is 35.5. The summed E-state index contributed by atoms with van der Waals surface area (Å²) in [4.78, 5) is 0. The zero-order valence-electron chi connectivity index (χ0n) is 16.1. The van der Waals surface area contributed by atoms with Crippen LogP contribution in [0.2, 0.25) is 20.1 Å². The topological polar surface area (TPSA) is 36.9 Å². The molecule has 0 unspecified atom stereocenters. The van der Waals surface area contributed by atoms with E-state index in [4.69, 9.17) is 65.4 Å². The number of benzene rings is 4. The van der Waals surface area contributed by atoms with Gasteiger partial charge in [0.15, 0.2) is 46.0 Å². The highest BCUT2D eigenvalue weighted by Crippen LogP contribution is 2.50. The van der Waals surface area contributed by atoms with Crippen LogP contribution in [0.3, 0.4) is 0 Å². The lowest BCUT2D eigenvalue weighted by atomic mass is 10.2. The molecule has 8 heteroatoms. The molecule has 4 aromatic carbocycles. The van der Waals surface area contributed by atoms with Crippen LogP contribution in [0.15, 0.2) is 72.8 Å². The maximum Gasteiger partial charge on any atom is 0.171 e. The van der Waals surface area contributed by atoms with Crippen LogP contribution in [-0.2, 0) is 0 Å². The largest absolute Gasteiger partial charge is 0.450 e. The molecule has 0 saturated heterocycles. The molecule has 0 atom stereocenters. The summed E-state index contributed by atoms with van der Waals surface area (Å²) in [5.41, 5.74) is 0. The Hall–Kier alpha value is -2.76. The van der Waals surface area contributed by atoms with Crippen molar-refractivity contribution in [2.75, 3.05) is 0 Å². The Balaban J connectivity index is 0.000000139. The molecule has 4 nitrogen and oxygen atoms in total. The second kappa shape index (κ2) is 8.64. The summed E-state index contributed by atoms with van der Waals surface area (Å²) in [6, 6.07) is 21.6. The van der Waals surface area contributed by atoms with Gasteiger partial charge < -0.3 is 18.9 Å². The molecular weight excluding hydrogens is 494 g/mol. The van der Waals surface area contributed by atoms with Gasteiger partial charge in [-0.1, -0.05) is 70.7 Å². The van der Waals surface area contributed by atoms with Gasteiger partial charge in [0, 0.05) is 24.3 Å². The van der Waals surface area contributed by atoms with E-state index in [1.54, 1.807) is 24.3 Å². The van der Waals surface area contributed by atoms with Crippen LogP contribution in [0, 0.1) is 0 Å². The van der Waals surface area contributed by atoms with Crippen molar-refractivity contribution in [1.29, 1.82) is 0 Å². The van der Waals surface area contributed by atoms with E-state index in [9.17, 15) is 0 Å². The number of rotatable bonds is 0. The predicted molar refractivity (Wildman–Crippen MR) is 126 cm³/mol. The van der Waals surface area contributed by atoms with Gasteiger partial charge in [0.25, 0.3) is 0 Å².